The van der Waals surface area contributed by atoms with Gasteiger partial charge in [-0.25, -0.2) is 8.78 Å². The molecule has 1 nitrogen and oxygen atoms in total. The Hall–Kier alpha value is -1.11. The summed E-state index contributed by atoms with van der Waals surface area (Å²) in [5, 5.41) is -0.169. The van der Waals surface area contributed by atoms with Crippen LogP contribution in [0.15, 0.2) is 30.3 Å². The van der Waals surface area contributed by atoms with E-state index in [1.165, 1.54) is 0 Å². The maximum atomic E-state index is 13.0. The average molecular weight is 326 g/mol. The Morgan fingerprint density at radius 1 is 1.00 bits per heavy atom. The maximum Gasteiger partial charge on any atom is 0.394 e. The van der Waals surface area contributed by atoms with Crippen LogP contribution in [0.3, 0.4) is 0 Å². The summed E-state index contributed by atoms with van der Waals surface area (Å²) in [6, 6.07) is 8.49. The monoisotopic (exact) mass is 326 g/mol. The molecule has 0 aliphatic carbocycles. The minimum absolute atomic E-state index is 0.0435. The molecule has 0 fully saturated rings. The first-order valence-corrected chi connectivity index (χ1v) is 7.35. The Kier molecular flexibility index (Phi) is 6.64. The van der Waals surface area contributed by atoms with Gasteiger partial charge in [0, 0.05) is 17.7 Å². The predicted octanol–water partition coefficient (Wildman–Crippen LogP) is 5.32. The van der Waals surface area contributed by atoms with Crippen molar-refractivity contribution in [2.75, 3.05) is 5.75 Å². The fourth-order valence-electron chi connectivity index (χ4n) is 1.69. The Morgan fingerprint density at radius 3 is 2.19 bits per heavy atom. The summed E-state index contributed by atoms with van der Waals surface area (Å²) in [6.07, 6.45) is -7.53. The molecule has 1 rings (SSSR count). The standard InChI is InChI=1S/C14H15F5OS/c15-13(16,10-14(17,18)19)8-4-5-9-21-12(20)11-6-2-1-3-7-11/h1-3,6-7H,4-5,8-10H2. The number of carbonyl (C=O) groups is 1. The lowest BCUT2D eigenvalue weighted by Crippen LogP contribution is -2.25. The first kappa shape index (κ1) is 17.9. The minimum atomic E-state index is -4.86. The van der Waals surface area contributed by atoms with E-state index in [-0.39, 0.29) is 18.0 Å². The average Bonchev–Trinajstić information content (AvgIpc) is 2.36. The Morgan fingerprint density at radius 2 is 1.62 bits per heavy atom. The summed E-state index contributed by atoms with van der Waals surface area (Å²) in [7, 11) is 0. The second-order valence-electron chi connectivity index (χ2n) is 4.61. The summed E-state index contributed by atoms with van der Waals surface area (Å²) in [4.78, 5) is 11.7. The van der Waals surface area contributed by atoms with Crippen molar-refractivity contribution in [1.29, 1.82) is 0 Å². The van der Waals surface area contributed by atoms with Crippen LogP contribution in [0.25, 0.3) is 0 Å². The number of hydrogen-bond acceptors (Lipinski definition) is 2. The molecule has 1 aromatic carbocycles. The number of carbonyl (C=O) groups excluding carboxylic acids is 1. The molecule has 0 spiro atoms. The van der Waals surface area contributed by atoms with Crippen molar-refractivity contribution in [3.8, 4) is 0 Å². The molecule has 0 atom stereocenters. The van der Waals surface area contributed by atoms with E-state index in [4.69, 9.17) is 0 Å². The van der Waals surface area contributed by atoms with E-state index in [2.05, 4.69) is 0 Å². The van der Waals surface area contributed by atoms with Crippen LogP contribution < -0.4 is 0 Å². The SMILES string of the molecule is O=C(SCCCCC(F)(F)CC(F)(F)F)c1ccccc1. The van der Waals surface area contributed by atoms with Gasteiger partial charge in [-0.2, -0.15) is 13.2 Å². The van der Waals surface area contributed by atoms with Gasteiger partial charge in [0.2, 0.25) is 5.12 Å². The van der Waals surface area contributed by atoms with Gasteiger partial charge < -0.3 is 0 Å². The molecule has 1 aromatic rings. The lowest BCUT2D eigenvalue weighted by molar-refractivity contribution is -0.189. The zero-order valence-electron chi connectivity index (χ0n) is 11.1. The van der Waals surface area contributed by atoms with Gasteiger partial charge in [0.25, 0.3) is 5.92 Å². The number of halogens is 5. The highest BCUT2D eigenvalue weighted by molar-refractivity contribution is 8.14. The molecule has 0 N–H and O–H groups in total. The van der Waals surface area contributed by atoms with Crippen LogP contribution in [0.4, 0.5) is 22.0 Å². The second-order valence-corrected chi connectivity index (χ2v) is 5.67. The van der Waals surface area contributed by atoms with Crippen molar-refractivity contribution < 1.29 is 26.7 Å². The number of alkyl halides is 5. The van der Waals surface area contributed by atoms with Crippen LogP contribution in [0.2, 0.25) is 0 Å². The predicted molar refractivity (Wildman–Crippen MR) is 72.7 cm³/mol. The van der Waals surface area contributed by atoms with Crippen LogP contribution in [-0.2, 0) is 0 Å². The first-order valence-electron chi connectivity index (χ1n) is 6.36. The van der Waals surface area contributed by atoms with Gasteiger partial charge in [0.05, 0.1) is 0 Å². The van der Waals surface area contributed by atoms with Crippen molar-refractivity contribution in [1.82, 2.24) is 0 Å². The summed E-state index contributed by atoms with van der Waals surface area (Å²) in [5.41, 5.74) is 0.518. The van der Waals surface area contributed by atoms with Gasteiger partial charge in [0.1, 0.15) is 6.42 Å². The molecule has 0 saturated heterocycles. The highest BCUT2D eigenvalue weighted by atomic mass is 32.2. The lowest BCUT2D eigenvalue weighted by Gasteiger charge is -2.17. The molecule has 21 heavy (non-hydrogen) atoms. The van der Waals surface area contributed by atoms with Crippen LogP contribution >= 0.6 is 11.8 Å². The number of hydrogen-bond donors (Lipinski definition) is 0. The van der Waals surface area contributed by atoms with Crippen molar-refractivity contribution >= 4 is 16.9 Å². The molecule has 0 heterocycles. The summed E-state index contributed by atoms with van der Waals surface area (Å²) in [5.74, 6) is -3.41. The third-order valence-corrected chi connectivity index (χ3v) is 3.63. The molecule has 0 amide bonds. The molecule has 0 saturated carbocycles. The molecule has 7 heteroatoms. The summed E-state index contributed by atoms with van der Waals surface area (Å²) < 4.78 is 61.6. The van der Waals surface area contributed by atoms with E-state index in [1.807, 2.05) is 0 Å². The third kappa shape index (κ3) is 8.04. The molecule has 0 bridgehead atoms. The number of benzene rings is 1. The molecular formula is C14H15F5OS. The van der Waals surface area contributed by atoms with Crippen molar-refractivity contribution in [2.24, 2.45) is 0 Å². The number of thioether (sulfide) groups is 1. The highest BCUT2D eigenvalue weighted by Gasteiger charge is 2.42. The molecule has 0 radical (unpaired) electrons. The van der Waals surface area contributed by atoms with Crippen LogP contribution in [0.5, 0.6) is 0 Å². The van der Waals surface area contributed by atoms with E-state index in [0.29, 0.717) is 11.3 Å². The maximum absolute atomic E-state index is 13.0. The number of unbranched alkanes of at least 4 members (excludes halogenated alkanes) is 1. The highest BCUT2D eigenvalue weighted by Crippen LogP contribution is 2.35. The van der Waals surface area contributed by atoms with E-state index in [1.54, 1.807) is 30.3 Å². The first-order chi connectivity index (χ1) is 9.70. The van der Waals surface area contributed by atoms with Crippen molar-refractivity contribution in [2.45, 2.75) is 37.8 Å². The third-order valence-electron chi connectivity index (χ3n) is 2.64. The van der Waals surface area contributed by atoms with Crippen LogP contribution in [0.1, 0.15) is 36.0 Å². The van der Waals surface area contributed by atoms with E-state index in [0.717, 1.165) is 11.8 Å². The molecular weight excluding hydrogens is 311 g/mol. The normalized spacial score (nSPS) is 12.4. The smallest absolute Gasteiger partial charge is 0.282 e. The largest absolute Gasteiger partial charge is 0.394 e. The van der Waals surface area contributed by atoms with Gasteiger partial charge >= 0.3 is 6.18 Å². The quantitative estimate of drug-likeness (QED) is 0.498. The van der Waals surface area contributed by atoms with Gasteiger partial charge in [-0.3, -0.25) is 4.79 Å². The fourth-order valence-corrected chi connectivity index (χ4v) is 2.53. The summed E-state index contributed by atoms with van der Waals surface area (Å²) >= 11 is 0.987. The number of rotatable bonds is 7. The zero-order chi connectivity index (χ0) is 15.9. The van der Waals surface area contributed by atoms with Gasteiger partial charge in [-0.05, 0) is 12.8 Å². The van der Waals surface area contributed by atoms with Gasteiger partial charge in [-0.15, -0.1) is 0 Å². The molecule has 0 aromatic heterocycles. The fraction of sp³-hybridized carbons (Fsp3) is 0.500. The molecule has 0 aliphatic rings. The minimum Gasteiger partial charge on any atom is -0.282 e. The Balaban J connectivity index is 2.21. The van der Waals surface area contributed by atoms with Crippen LogP contribution in [0, 0.1) is 0 Å². The summed E-state index contributed by atoms with van der Waals surface area (Å²) in [6.45, 7) is 0. The molecule has 0 unspecified atom stereocenters. The molecule has 0 aliphatic heterocycles. The topological polar surface area (TPSA) is 17.1 Å². The molecule has 118 valence electrons. The Bertz CT molecular complexity index is 444. The lowest BCUT2D eigenvalue weighted by atomic mass is 10.1. The second kappa shape index (κ2) is 7.77. The van der Waals surface area contributed by atoms with Crippen molar-refractivity contribution in [3.63, 3.8) is 0 Å². The van der Waals surface area contributed by atoms with E-state index in [9.17, 15) is 26.7 Å². The van der Waals surface area contributed by atoms with Crippen molar-refractivity contribution in [3.05, 3.63) is 35.9 Å². The Labute approximate surface area is 123 Å². The van der Waals surface area contributed by atoms with Gasteiger partial charge in [-0.1, -0.05) is 42.1 Å². The van der Waals surface area contributed by atoms with Crippen LogP contribution in [-0.4, -0.2) is 23.0 Å². The zero-order valence-corrected chi connectivity index (χ0v) is 11.9. The van der Waals surface area contributed by atoms with E-state index >= 15 is 0 Å². The van der Waals surface area contributed by atoms with E-state index < -0.39 is 24.9 Å². The van der Waals surface area contributed by atoms with Gasteiger partial charge in [0.15, 0.2) is 0 Å².